The number of hydrogen-bond donors (Lipinski definition) is 2. The average molecular weight is 341 g/mol. The number of benzene rings is 2. The maximum atomic E-state index is 13.0. The Bertz CT molecular complexity index is 679. The van der Waals surface area contributed by atoms with Crippen molar-refractivity contribution in [1.82, 2.24) is 5.32 Å². The smallest absolute Gasteiger partial charge is 0.238 e. The average Bonchev–Trinajstić information content (AvgIpc) is 2.48. The number of carbonyl (C=O) groups is 1. The Labute approximate surface area is 138 Å². The van der Waals surface area contributed by atoms with E-state index in [1.54, 1.807) is 6.07 Å². The molecule has 0 aliphatic carbocycles. The Morgan fingerprint density at radius 3 is 2.68 bits per heavy atom. The van der Waals surface area contributed by atoms with Crippen LogP contribution < -0.4 is 10.6 Å². The second-order valence-corrected chi connectivity index (χ2v) is 5.68. The number of nitrogens with one attached hydrogen (secondary N) is 2. The molecule has 6 heteroatoms. The van der Waals surface area contributed by atoms with Gasteiger partial charge in [0.15, 0.2) is 0 Å². The topological polar surface area (TPSA) is 41.1 Å². The van der Waals surface area contributed by atoms with E-state index in [2.05, 4.69) is 10.6 Å². The Balaban J connectivity index is 1.88. The standard InChI is InChI=1S/C16H15Cl2FN2O/c1-10(11-3-2-4-12(17)7-11)20-9-16(22)21-13-5-6-15(19)14(18)8-13/h2-8,10,20H,9H2,1H3,(H,21,22)/t10-/m0/s1. The SMILES string of the molecule is C[C@H](NCC(=O)Nc1ccc(F)c(Cl)c1)c1cccc(Cl)c1. The van der Waals surface area contributed by atoms with Crippen molar-refractivity contribution in [2.45, 2.75) is 13.0 Å². The maximum absolute atomic E-state index is 13.0. The quantitative estimate of drug-likeness (QED) is 0.845. The van der Waals surface area contributed by atoms with Crippen molar-refractivity contribution >= 4 is 34.8 Å². The summed E-state index contributed by atoms with van der Waals surface area (Å²) < 4.78 is 13.0. The molecule has 0 saturated heterocycles. The van der Waals surface area contributed by atoms with Gasteiger partial charge in [-0.05, 0) is 42.8 Å². The van der Waals surface area contributed by atoms with E-state index in [9.17, 15) is 9.18 Å². The van der Waals surface area contributed by atoms with Gasteiger partial charge >= 0.3 is 0 Å². The molecule has 1 atom stereocenters. The Kier molecular flexibility index (Phi) is 5.77. The van der Waals surface area contributed by atoms with Gasteiger partial charge < -0.3 is 10.6 Å². The zero-order chi connectivity index (χ0) is 16.1. The van der Waals surface area contributed by atoms with Crippen LogP contribution in [0.4, 0.5) is 10.1 Å². The van der Waals surface area contributed by atoms with Crippen LogP contribution in [0.2, 0.25) is 10.0 Å². The monoisotopic (exact) mass is 340 g/mol. The molecule has 0 saturated carbocycles. The number of rotatable bonds is 5. The van der Waals surface area contributed by atoms with Gasteiger partial charge in [0, 0.05) is 16.8 Å². The fourth-order valence-electron chi connectivity index (χ4n) is 1.92. The number of amides is 1. The van der Waals surface area contributed by atoms with Crippen molar-refractivity contribution in [3.05, 3.63) is 63.9 Å². The zero-order valence-electron chi connectivity index (χ0n) is 11.9. The van der Waals surface area contributed by atoms with Crippen molar-refractivity contribution in [3.8, 4) is 0 Å². The predicted molar refractivity (Wildman–Crippen MR) is 87.9 cm³/mol. The molecule has 2 rings (SSSR count). The van der Waals surface area contributed by atoms with Gasteiger partial charge in [-0.1, -0.05) is 35.3 Å². The van der Waals surface area contributed by atoms with E-state index in [-0.39, 0.29) is 23.5 Å². The molecule has 1 amide bonds. The first-order valence-corrected chi connectivity index (χ1v) is 7.45. The molecule has 3 nitrogen and oxygen atoms in total. The van der Waals surface area contributed by atoms with Crippen LogP contribution in [0.15, 0.2) is 42.5 Å². The summed E-state index contributed by atoms with van der Waals surface area (Å²) in [6.07, 6.45) is 0. The van der Waals surface area contributed by atoms with Crippen LogP contribution in [-0.2, 0) is 4.79 Å². The predicted octanol–water partition coefficient (Wildman–Crippen LogP) is 4.42. The summed E-state index contributed by atoms with van der Waals surface area (Å²) in [6, 6.07) is 11.4. The summed E-state index contributed by atoms with van der Waals surface area (Å²) in [6.45, 7) is 2.05. The lowest BCUT2D eigenvalue weighted by atomic mass is 10.1. The molecule has 0 aliphatic heterocycles. The fourth-order valence-corrected chi connectivity index (χ4v) is 2.30. The van der Waals surface area contributed by atoms with Crippen molar-refractivity contribution < 1.29 is 9.18 Å². The van der Waals surface area contributed by atoms with Gasteiger partial charge in [-0.2, -0.15) is 0 Å². The van der Waals surface area contributed by atoms with Gasteiger partial charge in [0.05, 0.1) is 11.6 Å². The summed E-state index contributed by atoms with van der Waals surface area (Å²) in [5.41, 5.74) is 1.44. The highest BCUT2D eigenvalue weighted by Crippen LogP contribution is 2.19. The van der Waals surface area contributed by atoms with E-state index in [0.717, 1.165) is 5.56 Å². The molecule has 0 heterocycles. The molecule has 0 aliphatic rings. The number of halogens is 3. The highest BCUT2D eigenvalue weighted by molar-refractivity contribution is 6.31. The van der Waals surface area contributed by atoms with Crippen molar-refractivity contribution in [1.29, 1.82) is 0 Å². The second-order valence-electron chi connectivity index (χ2n) is 4.83. The van der Waals surface area contributed by atoms with Crippen LogP contribution in [0.3, 0.4) is 0 Å². The molecule has 0 radical (unpaired) electrons. The molecule has 0 bridgehead atoms. The van der Waals surface area contributed by atoms with Crippen LogP contribution in [0, 0.1) is 5.82 Å². The fraction of sp³-hybridized carbons (Fsp3) is 0.188. The summed E-state index contributed by atoms with van der Waals surface area (Å²) in [4.78, 5) is 11.9. The normalized spacial score (nSPS) is 12.0. The van der Waals surface area contributed by atoms with Crippen molar-refractivity contribution in [2.24, 2.45) is 0 Å². The summed E-state index contributed by atoms with van der Waals surface area (Å²) in [5.74, 6) is -0.760. The van der Waals surface area contributed by atoms with Crippen LogP contribution in [-0.4, -0.2) is 12.5 Å². The molecule has 0 unspecified atom stereocenters. The number of hydrogen-bond acceptors (Lipinski definition) is 2. The van der Waals surface area contributed by atoms with E-state index in [1.165, 1.54) is 18.2 Å². The maximum Gasteiger partial charge on any atom is 0.238 e. The second kappa shape index (κ2) is 7.58. The lowest BCUT2D eigenvalue weighted by Gasteiger charge is -2.14. The largest absolute Gasteiger partial charge is 0.325 e. The molecule has 116 valence electrons. The molecule has 0 fully saturated rings. The van der Waals surface area contributed by atoms with Crippen LogP contribution in [0.5, 0.6) is 0 Å². The first-order valence-electron chi connectivity index (χ1n) is 6.69. The minimum absolute atomic E-state index is 0.0266. The first-order chi connectivity index (χ1) is 10.5. The zero-order valence-corrected chi connectivity index (χ0v) is 13.4. The minimum atomic E-state index is -0.521. The summed E-state index contributed by atoms with van der Waals surface area (Å²) in [7, 11) is 0. The summed E-state index contributed by atoms with van der Waals surface area (Å²) in [5, 5.41) is 6.36. The van der Waals surface area contributed by atoms with Gasteiger partial charge in [0.2, 0.25) is 5.91 Å². The number of carbonyl (C=O) groups excluding carboxylic acids is 1. The Morgan fingerprint density at radius 2 is 2.00 bits per heavy atom. The molecule has 2 N–H and O–H groups in total. The molecular weight excluding hydrogens is 326 g/mol. The Hall–Kier alpha value is -1.62. The lowest BCUT2D eigenvalue weighted by molar-refractivity contribution is -0.115. The van der Waals surface area contributed by atoms with Crippen molar-refractivity contribution in [3.63, 3.8) is 0 Å². The lowest BCUT2D eigenvalue weighted by Crippen LogP contribution is -2.30. The molecule has 0 aromatic heterocycles. The summed E-state index contributed by atoms with van der Waals surface area (Å²) >= 11 is 11.6. The highest BCUT2D eigenvalue weighted by Gasteiger charge is 2.09. The van der Waals surface area contributed by atoms with E-state index in [0.29, 0.717) is 10.7 Å². The van der Waals surface area contributed by atoms with E-state index >= 15 is 0 Å². The third kappa shape index (κ3) is 4.70. The third-order valence-electron chi connectivity index (χ3n) is 3.12. The first kappa shape index (κ1) is 16.7. The van der Waals surface area contributed by atoms with E-state index < -0.39 is 5.82 Å². The molecule has 2 aromatic rings. The molecule has 2 aromatic carbocycles. The van der Waals surface area contributed by atoms with Gasteiger partial charge in [-0.3, -0.25) is 4.79 Å². The molecule has 0 spiro atoms. The van der Waals surface area contributed by atoms with Crippen LogP contribution >= 0.6 is 23.2 Å². The third-order valence-corrected chi connectivity index (χ3v) is 3.65. The Morgan fingerprint density at radius 1 is 1.23 bits per heavy atom. The van der Waals surface area contributed by atoms with Crippen molar-refractivity contribution in [2.75, 3.05) is 11.9 Å². The van der Waals surface area contributed by atoms with Gasteiger partial charge in [0.1, 0.15) is 5.82 Å². The molecule has 22 heavy (non-hydrogen) atoms. The highest BCUT2D eigenvalue weighted by atomic mass is 35.5. The molecular formula is C16H15Cl2FN2O. The number of anilines is 1. The van der Waals surface area contributed by atoms with Gasteiger partial charge in [0.25, 0.3) is 0 Å². The van der Waals surface area contributed by atoms with Crippen LogP contribution in [0.25, 0.3) is 0 Å². The minimum Gasteiger partial charge on any atom is -0.325 e. The van der Waals surface area contributed by atoms with Gasteiger partial charge in [-0.15, -0.1) is 0 Å². The van der Waals surface area contributed by atoms with Gasteiger partial charge in [-0.25, -0.2) is 4.39 Å². The van der Waals surface area contributed by atoms with Crippen LogP contribution in [0.1, 0.15) is 18.5 Å². The van der Waals surface area contributed by atoms with E-state index in [4.69, 9.17) is 23.2 Å². The van der Waals surface area contributed by atoms with E-state index in [1.807, 2.05) is 25.1 Å².